The summed E-state index contributed by atoms with van der Waals surface area (Å²) >= 11 is 3.04. The van der Waals surface area contributed by atoms with Crippen molar-refractivity contribution in [2.45, 2.75) is 24.8 Å². The Morgan fingerprint density at radius 2 is 2.35 bits per heavy atom. The van der Waals surface area contributed by atoms with Crippen molar-refractivity contribution < 1.29 is 19.2 Å². The van der Waals surface area contributed by atoms with E-state index in [2.05, 4.69) is 15.5 Å². The summed E-state index contributed by atoms with van der Waals surface area (Å²) in [5.74, 6) is 0.718. The number of thiophene rings is 1. The quantitative estimate of drug-likeness (QED) is 0.816. The normalized spacial score (nSPS) is 20.5. The molecule has 1 amide bonds. The number of aryl methyl sites for hydroxylation is 1. The van der Waals surface area contributed by atoms with Gasteiger partial charge in [-0.05, 0) is 23.6 Å². The number of aromatic nitrogens is 2. The fraction of sp³-hybridized carbons (Fsp3) is 0.429. The maximum Gasteiger partial charge on any atom is 0.330 e. The van der Waals surface area contributed by atoms with Crippen LogP contribution in [0.15, 0.2) is 22.0 Å². The molecule has 0 radical (unpaired) electrons. The molecule has 23 heavy (non-hydrogen) atoms. The molecule has 3 rings (SSSR count). The third kappa shape index (κ3) is 3.56. The molecule has 1 aliphatic heterocycles. The summed E-state index contributed by atoms with van der Waals surface area (Å²) in [5.41, 5.74) is -1.14. The Morgan fingerprint density at radius 1 is 1.48 bits per heavy atom. The van der Waals surface area contributed by atoms with Crippen LogP contribution >= 0.6 is 23.1 Å². The van der Waals surface area contributed by atoms with E-state index in [0.717, 1.165) is 10.6 Å². The molecule has 0 spiro atoms. The first kappa shape index (κ1) is 16.0. The number of aliphatic carboxylic acids is 1. The zero-order chi connectivity index (χ0) is 16.3. The molecular weight excluding hydrogens is 338 g/mol. The lowest BCUT2D eigenvalue weighted by atomic mass is 9.99. The SMILES string of the molecule is O=C(CCc1nc(-c2cccs2)no1)NC1(C(=O)O)CCSC1. The van der Waals surface area contributed by atoms with Gasteiger partial charge in [-0.15, -0.1) is 11.3 Å². The molecule has 2 aromatic heterocycles. The number of nitrogens with zero attached hydrogens (tertiary/aromatic N) is 2. The molecule has 2 N–H and O–H groups in total. The molecule has 7 nitrogen and oxygen atoms in total. The average molecular weight is 353 g/mol. The highest BCUT2D eigenvalue weighted by Gasteiger charge is 2.43. The van der Waals surface area contributed by atoms with E-state index >= 15 is 0 Å². The molecule has 3 heterocycles. The van der Waals surface area contributed by atoms with E-state index in [9.17, 15) is 14.7 Å². The van der Waals surface area contributed by atoms with Gasteiger partial charge in [0.1, 0.15) is 5.54 Å². The number of hydrogen-bond donors (Lipinski definition) is 2. The maximum absolute atomic E-state index is 12.0. The van der Waals surface area contributed by atoms with Crippen LogP contribution in [0.3, 0.4) is 0 Å². The van der Waals surface area contributed by atoms with Crippen LogP contribution in [0.5, 0.6) is 0 Å². The fourth-order valence-corrected chi connectivity index (χ4v) is 4.27. The fourth-order valence-electron chi connectivity index (χ4n) is 2.30. The lowest BCUT2D eigenvalue weighted by molar-refractivity contribution is -0.146. The maximum atomic E-state index is 12.0. The van der Waals surface area contributed by atoms with Gasteiger partial charge in [-0.2, -0.15) is 16.7 Å². The van der Waals surface area contributed by atoms with Gasteiger partial charge < -0.3 is 14.9 Å². The van der Waals surface area contributed by atoms with Crippen LogP contribution in [0.2, 0.25) is 0 Å². The minimum absolute atomic E-state index is 0.117. The standard InChI is InChI=1S/C14H15N3O4S2/c18-10(16-14(13(19)20)5-7-22-8-14)3-4-11-15-12(17-21-11)9-2-1-6-23-9/h1-2,6H,3-5,7-8H2,(H,16,18)(H,19,20). The Bertz CT molecular complexity index is 693. The molecule has 1 aliphatic rings. The molecule has 0 bridgehead atoms. The summed E-state index contributed by atoms with van der Waals surface area (Å²) in [4.78, 5) is 28.6. The highest BCUT2D eigenvalue weighted by molar-refractivity contribution is 7.99. The van der Waals surface area contributed by atoms with Crippen molar-refractivity contribution in [3.05, 3.63) is 23.4 Å². The van der Waals surface area contributed by atoms with Crippen molar-refractivity contribution in [3.63, 3.8) is 0 Å². The van der Waals surface area contributed by atoms with Crippen molar-refractivity contribution >= 4 is 35.0 Å². The van der Waals surface area contributed by atoms with Crippen LogP contribution in [0, 0.1) is 0 Å². The molecule has 0 saturated carbocycles. The number of carbonyl (C=O) groups excluding carboxylic acids is 1. The van der Waals surface area contributed by atoms with Gasteiger partial charge in [0, 0.05) is 18.6 Å². The second kappa shape index (κ2) is 6.71. The van der Waals surface area contributed by atoms with E-state index in [-0.39, 0.29) is 18.7 Å². The van der Waals surface area contributed by atoms with E-state index < -0.39 is 11.5 Å². The Hall–Kier alpha value is -1.87. The number of rotatable bonds is 6. The number of carboxylic acid groups (broad SMARTS) is 1. The summed E-state index contributed by atoms with van der Waals surface area (Å²) in [6, 6.07) is 3.79. The number of hydrogen-bond acceptors (Lipinski definition) is 7. The van der Waals surface area contributed by atoms with Crippen LogP contribution in [0.25, 0.3) is 10.7 Å². The summed E-state index contributed by atoms with van der Waals surface area (Å²) in [6.45, 7) is 0. The summed E-state index contributed by atoms with van der Waals surface area (Å²) in [6.07, 6.45) is 0.848. The van der Waals surface area contributed by atoms with Gasteiger partial charge >= 0.3 is 5.97 Å². The summed E-state index contributed by atoms with van der Waals surface area (Å²) < 4.78 is 5.13. The van der Waals surface area contributed by atoms with Crippen LogP contribution in [0.1, 0.15) is 18.7 Å². The van der Waals surface area contributed by atoms with E-state index in [0.29, 0.717) is 23.9 Å². The van der Waals surface area contributed by atoms with Gasteiger partial charge in [-0.1, -0.05) is 11.2 Å². The van der Waals surface area contributed by atoms with Gasteiger partial charge in [0.25, 0.3) is 0 Å². The molecule has 0 aromatic carbocycles. The molecule has 2 aromatic rings. The van der Waals surface area contributed by atoms with E-state index in [1.165, 1.54) is 23.1 Å². The van der Waals surface area contributed by atoms with Crippen LogP contribution < -0.4 is 5.32 Å². The smallest absolute Gasteiger partial charge is 0.330 e. The first-order chi connectivity index (χ1) is 11.1. The number of thioether (sulfide) groups is 1. The molecule has 122 valence electrons. The topological polar surface area (TPSA) is 105 Å². The van der Waals surface area contributed by atoms with Gasteiger partial charge in [-0.3, -0.25) is 4.79 Å². The van der Waals surface area contributed by atoms with Crippen LogP contribution in [0.4, 0.5) is 0 Å². The van der Waals surface area contributed by atoms with Crippen LogP contribution in [-0.4, -0.2) is 44.2 Å². The second-order valence-corrected chi connectivity index (χ2v) is 7.28. The molecule has 1 unspecified atom stereocenters. The Balaban J connectivity index is 1.56. The lowest BCUT2D eigenvalue weighted by Crippen LogP contribution is -2.54. The second-order valence-electron chi connectivity index (χ2n) is 5.23. The Kier molecular flexibility index (Phi) is 4.67. The molecule has 1 saturated heterocycles. The highest BCUT2D eigenvalue weighted by Crippen LogP contribution is 2.28. The van der Waals surface area contributed by atoms with Gasteiger partial charge in [0.2, 0.25) is 17.6 Å². The lowest BCUT2D eigenvalue weighted by Gasteiger charge is -2.24. The molecule has 1 atom stereocenters. The molecule has 9 heteroatoms. The van der Waals surface area contributed by atoms with Crippen molar-refractivity contribution in [3.8, 4) is 10.7 Å². The van der Waals surface area contributed by atoms with Gasteiger partial charge in [0.15, 0.2) is 0 Å². The zero-order valence-corrected chi connectivity index (χ0v) is 13.8. The predicted octanol–water partition coefficient (Wildman–Crippen LogP) is 1.81. The monoisotopic (exact) mass is 353 g/mol. The number of carboxylic acids is 1. The third-order valence-electron chi connectivity index (χ3n) is 3.59. The third-order valence-corrected chi connectivity index (χ3v) is 5.64. The Labute approximate surface area is 140 Å². The minimum atomic E-state index is -1.14. The van der Waals surface area contributed by atoms with Gasteiger partial charge in [-0.25, -0.2) is 4.79 Å². The van der Waals surface area contributed by atoms with Crippen molar-refractivity contribution in [1.82, 2.24) is 15.5 Å². The summed E-state index contributed by atoms with van der Waals surface area (Å²) in [5, 5.41) is 17.8. The van der Waals surface area contributed by atoms with E-state index in [1.54, 1.807) is 0 Å². The van der Waals surface area contributed by atoms with Crippen LogP contribution in [-0.2, 0) is 16.0 Å². The van der Waals surface area contributed by atoms with Crippen molar-refractivity contribution in [1.29, 1.82) is 0 Å². The first-order valence-electron chi connectivity index (χ1n) is 7.08. The number of carbonyl (C=O) groups is 2. The molecular formula is C14H15N3O4S2. The number of amides is 1. The number of nitrogens with one attached hydrogen (secondary N) is 1. The Morgan fingerprint density at radius 3 is 3.00 bits per heavy atom. The van der Waals surface area contributed by atoms with Gasteiger partial charge in [0.05, 0.1) is 4.88 Å². The summed E-state index contributed by atoms with van der Waals surface area (Å²) in [7, 11) is 0. The molecule has 0 aliphatic carbocycles. The largest absolute Gasteiger partial charge is 0.479 e. The van der Waals surface area contributed by atoms with Crippen molar-refractivity contribution in [2.75, 3.05) is 11.5 Å². The minimum Gasteiger partial charge on any atom is -0.479 e. The molecule has 1 fully saturated rings. The first-order valence-corrected chi connectivity index (χ1v) is 9.11. The van der Waals surface area contributed by atoms with E-state index in [4.69, 9.17) is 4.52 Å². The predicted molar refractivity (Wildman–Crippen MR) is 86.4 cm³/mol. The zero-order valence-electron chi connectivity index (χ0n) is 12.2. The highest BCUT2D eigenvalue weighted by atomic mass is 32.2. The van der Waals surface area contributed by atoms with Crippen molar-refractivity contribution in [2.24, 2.45) is 0 Å². The average Bonchev–Trinajstić information content (AvgIpc) is 3.26. The van der Waals surface area contributed by atoms with E-state index in [1.807, 2.05) is 17.5 Å².